The van der Waals surface area contributed by atoms with Crippen LogP contribution in [0.25, 0.3) is 11.2 Å². The van der Waals surface area contributed by atoms with E-state index in [9.17, 15) is 15.0 Å². The summed E-state index contributed by atoms with van der Waals surface area (Å²) < 4.78 is 7.15. The van der Waals surface area contributed by atoms with Crippen LogP contribution >= 0.6 is 11.8 Å². The maximum atomic E-state index is 10.7. The van der Waals surface area contributed by atoms with Crippen molar-refractivity contribution in [3.8, 4) is 0 Å². The van der Waals surface area contributed by atoms with Crippen molar-refractivity contribution < 1.29 is 24.9 Å². The number of carbonyl (C=O) groups is 1. The van der Waals surface area contributed by atoms with E-state index in [1.807, 2.05) is 0 Å². The average Bonchev–Trinajstić information content (AvgIpc) is 3.10. The van der Waals surface area contributed by atoms with Crippen molar-refractivity contribution in [3.05, 3.63) is 6.33 Å². The number of nitrogens with two attached hydrogens (primary N) is 3. The van der Waals surface area contributed by atoms with Gasteiger partial charge in [0.25, 0.3) is 0 Å². The molecule has 1 saturated heterocycles. The summed E-state index contributed by atoms with van der Waals surface area (Å²) in [6.45, 7) is 0. The normalized spacial score (nSPS) is 26.5. The molecular weight excluding hydrogens is 378 g/mol. The van der Waals surface area contributed by atoms with E-state index in [1.54, 1.807) is 0 Å². The maximum Gasteiger partial charge on any atom is 0.320 e. The molecular formula is C14H21N7O5S. The Labute approximate surface area is 157 Å². The van der Waals surface area contributed by atoms with E-state index in [-0.39, 0.29) is 29.4 Å². The number of hydrogen-bond donors (Lipinski definition) is 6. The standard InChI is InChI=1S/C14H21N7O5S/c15-5(13(24)25)1-2-27-3-6-8(22)9(23)12(26-6)21-11-7(20-14(21)17)10(16)18-4-19-11/h4-6,8-9,12,22-23H,1-3,15H2,(H2,17,20)(H,24,25)(H2,16,18,19)/t5-,6+,8+,9+,12+/m0/s1. The first kappa shape index (κ1) is 19.6. The van der Waals surface area contributed by atoms with Crippen LogP contribution in [0, 0.1) is 0 Å². The zero-order valence-electron chi connectivity index (χ0n) is 14.2. The van der Waals surface area contributed by atoms with Crippen molar-refractivity contribution in [1.29, 1.82) is 0 Å². The van der Waals surface area contributed by atoms with Crippen LogP contribution in [0.1, 0.15) is 12.6 Å². The molecule has 1 aliphatic rings. The van der Waals surface area contributed by atoms with Gasteiger partial charge in [-0.2, -0.15) is 11.8 Å². The number of carboxylic acid groups (broad SMARTS) is 1. The summed E-state index contributed by atoms with van der Waals surface area (Å²) in [7, 11) is 0. The summed E-state index contributed by atoms with van der Waals surface area (Å²) in [6, 6.07) is -0.937. The zero-order chi connectivity index (χ0) is 19.7. The number of ether oxygens (including phenoxy) is 1. The molecule has 13 heteroatoms. The molecule has 9 N–H and O–H groups in total. The van der Waals surface area contributed by atoms with Gasteiger partial charge in [0.05, 0.1) is 6.10 Å². The molecule has 148 valence electrons. The minimum Gasteiger partial charge on any atom is -0.480 e. The van der Waals surface area contributed by atoms with Gasteiger partial charge in [0.15, 0.2) is 23.2 Å². The van der Waals surface area contributed by atoms with Gasteiger partial charge in [-0.3, -0.25) is 9.36 Å². The molecule has 5 atom stereocenters. The minimum atomic E-state index is -1.26. The third kappa shape index (κ3) is 3.77. The van der Waals surface area contributed by atoms with Crippen LogP contribution in [-0.4, -0.2) is 76.7 Å². The van der Waals surface area contributed by atoms with E-state index >= 15 is 0 Å². The fourth-order valence-electron chi connectivity index (χ4n) is 2.81. The van der Waals surface area contributed by atoms with Crippen molar-refractivity contribution in [3.63, 3.8) is 0 Å². The van der Waals surface area contributed by atoms with Gasteiger partial charge in [-0.15, -0.1) is 0 Å². The molecule has 0 amide bonds. The number of anilines is 2. The first-order valence-corrected chi connectivity index (χ1v) is 9.28. The van der Waals surface area contributed by atoms with Crippen molar-refractivity contribution >= 4 is 40.7 Å². The molecule has 0 saturated carbocycles. The number of hydrogen-bond acceptors (Lipinski definition) is 11. The van der Waals surface area contributed by atoms with Crippen LogP contribution in [0.2, 0.25) is 0 Å². The van der Waals surface area contributed by atoms with E-state index in [4.69, 9.17) is 27.0 Å². The van der Waals surface area contributed by atoms with Gasteiger partial charge >= 0.3 is 5.97 Å². The Bertz CT molecular complexity index is 834. The third-order valence-electron chi connectivity index (χ3n) is 4.30. The first-order chi connectivity index (χ1) is 12.8. The number of nitrogen functional groups attached to an aromatic ring is 2. The van der Waals surface area contributed by atoms with Crippen LogP contribution in [0.3, 0.4) is 0 Å². The molecule has 0 bridgehead atoms. The Balaban J connectivity index is 1.70. The molecule has 2 aromatic heterocycles. The number of aromatic nitrogens is 4. The lowest BCUT2D eigenvalue weighted by Gasteiger charge is -2.17. The lowest BCUT2D eigenvalue weighted by atomic mass is 10.1. The van der Waals surface area contributed by atoms with Crippen molar-refractivity contribution in [1.82, 2.24) is 19.5 Å². The number of aliphatic hydroxyl groups excluding tert-OH is 2. The summed E-state index contributed by atoms with van der Waals surface area (Å²) in [6.07, 6.45) is -2.58. The molecule has 0 radical (unpaired) electrons. The van der Waals surface area contributed by atoms with Gasteiger partial charge in [-0.1, -0.05) is 0 Å². The molecule has 27 heavy (non-hydrogen) atoms. The number of rotatable bonds is 7. The second kappa shape index (κ2) is 7.82. The number of nitrogens with zero attached hydrogens (tertiary/aromatic N) is 4. The Morgan fingerprint density at radius 1 is 1.33 bits per heavy atom. The summed E-state index contributed by atoms with van der Waals surface area (Å²) in [5, 5.41) is 29.5. The largest absolute Gasteiger partial charge is 0.480 e. The summed E-state index contributed by atoms with van der Waals surface area (Å²) in [5.41, 5.74) is 17.7. The minimum absolute atomic E-state index is 0.0224. The molecule has 0 aromatic carbocycles. The molecule has 0 spiro atoms. The van der Waals surface area contributed by atoms with Gasteiger partial charge in [0, 0.05) is 5.75 Å². The number of imidazole rings is 1. The topological polar surface area (TPSA) is 209 Å². The van der Waals surface area contributed by atoms with Gasteiger partial charge in [0.1, 0.15) is 24.6 Å². The molecule has 0 unspecified atom stereocenters. The van der Waals surface area contributed by atoms with Crippen molar-refractivity contribution in [2.24, 2.45) is 5.73 Å². The highest BCUT2D eigenvalue weighted by Gasteiger charge is 2.45. The molecule has 3 rings (SSSR count). The van der Waals surface area contributed by atoms with E-state index in [1.165, 1.54) is 22.7 Å². The van der Waals surface area contributed by atoms with Crippen molar-refractivity contribution in [2.45, 2.75) is 37.0 Å². The molecule has 12 nitrogen and oxygen atoms in total. The number of thioether (sulfide) groups is 1. The highest BCUT2D eigenvalue weighted by Crippen LogP contribution is 2.35. The summed E-state index contributed by atoms with van der Waals surface area (Å²) >= 11 is 1.37. The van der Waals surface area contributed by atoms with Crippen LogP contribution in [-0.2, 0) is 9.53 Å². The quantitative estimate of drug-likeness (QED) is 0.283. The van der Waals surface area contributed by atoms with E-state index in [2.05, 4.69) is 15.0 Å². The number of aliphatic carboxylic acids is 1. The van der Waals surface area contributed by atoms with Gasteiger partial charge in [0.2, 0.25) is 5.95 Å². The Morgan fingerprint density at radius 2 is 2.07 bits per heavy atom. The van der Waals surface area contributed by atoms with Gasteiger partial charge in [-0.25, -0.2) is 15.0 Å². The van der Waals surface area contributed by atoms with Crippen molar-refractivity contribution in [2.75, 3.05) is 23.0 Å². The van der Waals surface area contributed by atoms with Crippen LogP contribution in [0.4, 0.5) is 11.8 Å². The summed E-state index contributed by atoms with van der Waals surface area (Å²) in [5.74, 6) is -0.0904. The SMILES string of the molecule is Nc1ncnc2c1nc(N)n2[C@@H]1O[C@H](CSCC[C@H](N)C(=O)O)[C@@H](O)[C@H]1O. The molecule has 0 aliphatic carbocycles. The lowest BCUT2D eigenvalue weighted by molar-refractivity contribution is -0.138. The summed E-state index contributed by atoms with van der Waals surface area (Å²) in [4.78, 5) is 22.7. The molecule has 3 heterocycles. The number of aliphatic hydroxyl groups is 2. The third-order valence-corrected chi connectivity index (χ3v) is 5.39. The van der Waals surface area contributed by atoms with Gasteiger partial charge < -0.3 is 37.3 Å². The molecule has 2 aromatic rings. The van der Waals surface area contributed by atoms with Crippen LogP contribution < -0.4 is 17.2 Å². The highest BCUT2D eigenvalue weighted by molar-refractivity contribution is 7.99. The first-order valence-electron chi connectivity index (χ1n) is 8.12. The molecule has 1 fully saturated rings. The van der Waals surface area contributed by atoms with Crippen LogP contribution in [0.15, 0.2) is 6.33 Å². The maximum absolute atomic E-state index is 10.7. The second-order valence-electron chi connectivity index (χ2n) is 6.13. The number of carboxylic acids is 1. The number of fused-ring (bicyclic) bond motifs is 1. The zero-order valence-corrected chi connectivity index (χ0v) is 15.0. The van der Waals surface area contributed by atoms with Gasteiger partial charge in [-0.05, 0) is 12.2 Å². The Hall–Kier alpha value is -2.19. The highest BCUT2D eigenvalue weighted by atomic mass is 32.2. The van der Waals surface area contributed by atoms with E-state index < -0.39 is 36.6 Å². The molecule has 1 aliphatic heterocycles. The Morgan fingerprint density at radius 3 is 2.78 bits per heavy atom. The lowest BCUT2D eigenvalue weighted by Crippen LogP contribution is -2.33. The van der Waals surface area contributed by atoms with E-state index in [0.29, 0.717) is 11.5 Å². The van der Waals surface area contributed by atoms with Crippen LogP contribution in [0.5, 0.6) is 0 Å². The average molecular weight is 399 g/mol. The predicted molar refractivity (Wildman–Crippen MR) is 97.6 cm³/mol. The Kier molecular flexibility index (Phi) is 5.67. The fraction of sp³-hybridized carbons (Fsp3) is 0.571. The monoisotopic (exact) mass is 399 g/mol. The predicted octanol–water partition coefficient (Wildman–Crippen LogP) is -1.85. The smallest absolute Gasteiger partial charge is 0.320 e. The second-order valence-corrected chi connectivity index (χ2v) is 7.28. The fourth-order valence-corrected chi connectivity index (χ4v) is 3.90. The van der Waals surface area contributed by atoms with E-state index in [0.717, 1.165) is 0 Å².